The molecule has 3 saturated carbocycles. The molecule has 0 aliphatic heterocycles. The van der Waals surface area contributed by atoms with E-state index >= 15 is 0 Å². The number of hydrogen-bond donors (Lipinski definition) is 0. The summed E-state index contributed by atoms with van der Waals surface area (Å²) >= 11 is 0. The Labute approximate surface area is 293 Å². The van der Waals surface area contributed by atoms with Crippen LogP contribution in [0.2, 0.25) is 0 Å². The Kier molecular flexibility index (Phi) is 10.5. The first-order valence-electron chi connectivity index (χ1n) is 24.0. The molecule has 2 heteroatoms. The summed E-state index contributed by atoms with van der Waals surface area (Å²) in [5.41, 5.74) is 2.34. The van der Waals surface area contributed by atoms with Gasteiger partial charge in [0.25, 0.3) is 0 Å². The molecule has 0 amide bonds. The molecule has 8 atom stereocenters. The summed E-state index contributed by atoms with van der Waals surface area (Å²) in [4.78, 5) is 12.9. The van der Waals surface area contributed by atoms with Gasteiger partial charge in [0, 0.05) is 25.2 Å². The van der Waals surface area contributed by atoms with E-state index in [1.807, 2.05) is 0 Å². The minimum absolute atomic E-state index is 0.0155. The summed E-state index contributed by atoms with van der Waals surface area (Å²) < 4.78 is 75.6. The molecule has 4 aliphatic carbocycles. The molecule has 0 aromatic heterocycles. The second kappa shape index (κ2) is 18.1. The Bertz CT molecular complexity index is 1250. The van der Waals surface area contributed by atoms with E-state index in [1.165, 1.54) is 51.4 Å². The number of fused-ring (bicyclic) bond motifs is 5. The van der Waals surface area contributed by atoms with Gasteiger partial charge in [-0.2, -0.15) is 0 Å². The van der Waals surface area contributed by atoms with Crippen molar-refractivity contribution in [2.24, 2.45) is 46.3 Å². The molecular weight excluding hydrogens is 548 g/mol. The van der Waals surface area contributed by atoms with E-state index in [0.29, 0.717) is 24.7 Å². The smallest absolute Gasteiger partial charge is 0.306 e. The zero-order valence-corrected chi connectivity index (χ0v) is 30.0. The highest BCUT2D eigenvalue weighted by Gasteiger charge is 2.59. The number of esters is 1. The fourth-order valence-corrected chi connectivity index (χ4v) is 10.8. The van der Waals surface area contributed by atoms with Crippen LogP contribution in [0.25, 0.3) is 0 Å². The number of carbonyl (C=O) groups excluding carboxylic acids is 1. The monoisotopic (exact) mass is 634 g/mol. The molecule has 3 fully saturated rings. The van der Waals surface area contributed by atoms with E-state index in [0.717, 1.165) is 99.7 Å². The first-order chi connectivity index (χ1) is 25.1. The van der Waals surface area contributed by atoms with E-state index in [9.17, 15) is 4.79 Å². The first kappa shape index (κ1) is 26.1. The summed E-state index contributed by atoms with van der Waals surface area (Å²) in [6.07, 6.45) is 15.7. The van der Waals surface area contributed by atoms with E-state index < -0.39 is 26.0 Å². The predicted molar refractivity (Wildman–Crippen MR) is 193 cm³/mol. The summed E-state index contributed by atoms with van der Waals surface area (Å²) in [5, 5.41) is 0. The average molecular weight is 634 g/mol. The molecule has 0 unspecified atom stereocenters. The van der Waals surface area contributed by atoms with Crippen molar-refractivity contribution in [2.45, 2.75) is 208 Å². The fraction of sp³-hybridized carbons (Fsp3) is 0.930. The summed E-state index contributed by atoms with van der Waals surface area (Å²) in [7, 11) is 0. The van der Waals surface area contributed by atoms with Gasteiger partial charge in [-0.1, -0.05) is 149 Å². The maximum absolute atomic E-state index is 12.9. The molecular formula is C43H76O2. The zero-order valence-electron chi connectivity index (χ0n) is 39.0. The summed E-state index contributed by atoms with van der Waals surface area (Å²) in [6, 6.07) is 0. The summed E-state index contributed by atoms with van der Waals surface area (Å²) in [6.45, 7) is 9.23. The third kappa shape index (κ3) is 9.87. The molecule has 0 spiro atoms. The van der Waals surface area contributed by atoms with Gasteiger partial charge in [0.2, 0.25) is 0 Å². The number of carbonyl (C=O) groups is 1. The van der Waals surface area contributed by atoms with Gasteiger partial charge in [-0.25, -0.2) is 0 Å². The van der Waals surface area contributed by atoms with E-state index in [4.69, 9.17) is 17.1 Å². The zero-order chi connectivity index (χ0) is 40.2. The third-order valence-corrected chi connectivity index (χ3v) is 13.4. The van der Waals surface area contributed by atoms with Crippen molar-refractivity contribution in [3.63, 3.8) is 0 Å². The van der Waals surface area contributed by atoms with E-state index in [2.05, 4.69) is 40.7 Å². The Balaban J connectivity index is 1.10. The molecule has 45 heavy (non-hydrogen) atoms. The van der Waals surface area contributed by atoms with Crippen molar-refractivity contribution < 1.29 is 21.9 Å². The van der Waals surface area contributed by atoms with Crippen molar-refractivity contribution in [3.8, 4) is 0 Å². The molecule has 0 N–H and O–H groups in total. The third-order valence-electron chi connectivity index (χ3n) is 13.4. The minimum Gasteiger partial charge on any atom is -0.462 e. The van der Waals surface area contributed by atoms with Gasteiger partial charge in [0.05, 0.1) is 0 Å². The van der Waals surface area contributed by atoms with Crippen molar-refractivity contribution in [1.82, 2.24) is 0 Å². The van der Waals surface area contributed by atoms with Gasteiger partial charge in [0.15, 0.2) is 0 Å². The van der Waals surface area contributed by atoms with Crippen LogP contribution in [0, 0.1) is 46.3 Å². The molecule has 0 radical (unpaired) electrons. The average Bonchev–Trinajstić information content (AvgIpc) is 3.43. The maximum atomic E-state index is 12.9. The molecule has 0 heterocycles. The van der Waals surface area contributed by atoms with Gasteiger partial charge in [0.1, 0.15) is 6.10 Å². The number of unbranched alkanes of at least 4 members (excludes halogenated alkanes) is 8. The van der Waals surface area contributed by atoms with Crippen molar-refractivity contribution in [3.05, 3.63) is 11.6 Å². The highest BCUT2D eigenvalue weighted by molar-refractivity contribution is 5.69. The second-order valence-electron chi connectivity index (χ2n) is 16.8. The summed E-state index contributed by atoms with van der Waals surface area (Å²) in [5.74, 6) is 4.92. The van der Waals surface area contributed by atoms with Crippen LogP contribution in [-0.4, -0.2) is 12.1 Å². The highest BCUT2D eigenvalue weighted by Crippen LogP contribution is 2.67. The number of rotatable bonds is 20. The standard InChI is InChI=1S/C43H76O2/c1-7-8-9-10-11-12-13-14-15-16-17-18-19-23-41(44)45-36-28-30-42(5)35(32-36)24-25-37-39-27-26-38(34(4)22-20-21-33(2)3)43(39,6)31-29-40(37)42/h24,33-34,36-40H,7-23,25-32H2,1-6H3/t34-,36+,37+,38-,39+,40+,42+,43-/m1/s1/i1D3,7D2,8D2,9D2. The maximum Gasteiger partial charge on any atom is 0.306 e. The largest absolute Gasteiger partial charge is 0.462 e. The lowest BCUT2D eigenvalue weighted by molar-refractivity contribution is -0.151. The predicted octanol–water partition coefficient (Wildman–Crippen LogP) is 13.4. The van der Waals surface area contributed by atoms with Gasteiger partial charge in [-0.3, -0.25) is 4.79 Å². The first-order valence-corrected chi connectivity index (χ1v) is 19.5. The Hall–Kier alpha value is -0.790. The van der Waals surface area contributed by atoms with Gasteiger partial charge < -0.3 is 4.74 Å². The fourth-order valence-electron chi connectivity index (χ4n) is 10.8. The number of ether oxygens (including phenoxy) is 1. The van der Waals surface area contributed by atoms with Gasteiger partial charge in [-0.15, -0.1) is 0 Å². The lowest BCUT2D eigenvalue weighted by Gasteiger charge is -2.58. The van der Waals surface area contributed by atoms with Crippen molar-refractivity contribution in [2.75, 3.05) is 0 Å². The van der Waals surface area contributed by atoms with Crippen LogP contribution in [0.5, 0.6) is 0 Å². The molecule has 0 saturated heterocycles. The molecule has 0 bridgehead atoms. The SMILES string of the molecule is [2H]C([2H])([2H])C([2H])([2H])C([2H])([2H])C([2H])([2H])CCCCCCCCCCCC(=O)O[C@H]1CC[C@@]2(C)C(=CC[C@H]3[C@@H]4CC[C@H]([C@H](C)CCCC(C)C)[C@@]4(C)CC[C@@H]32)C1. The Morgan fingerprint density at radius 1 is 0.867 bits per heavy atom. The van der Waals surface area contributed by atoms with Crippen LogP contribution in [0.15, 0.2) is 11.6 Å². The Morgan fingerprint density at radius 2 is 1.58 bits per heavy atom. The van der Waals surface area contributed by atoms with Crippen LogP contribution in [-0.2, 0) is 9.53 Å². The number of allylic oxidation sites excluding steroid dienone is 1. The van der Waals surface area contributed by atoms with E-state index in [1.54, 1.807) is 5.57 Å². The lowest BCUT2D eigenvalue weighted by Crippen LogP contribution is -2.51. The van der Waals surface area contributed by atoms with Crippen molar-refractivity contribution >= 4 is 5.97 Å². The van der Waals surface area contributed by atoms with Crippen LogP contribution >= 0.6 is 0 Å². The Morgan fingerprint density at radius 3 is 2.29 bits per heavy atom. The highest BCUT2D eigenvalue weighted by atomic mass is 16.5. The molecule has 4 rings (SSSR count). The number of hydrogen-bond acceptors (Lipinski definition) is 2. The molecule has 260 valence electrons. The topological polar surface area (TPSA) is 26.3 Å². The molecule has 2 nitrogen and oxygen atoms in total. The second-order valence-corrected chi connectivity index (χ2v) is 16.8. The van der Waals surface area contributed by atoms with E-state index in [-0.39, 0.29) is 23.9 Å². The lowest BCUT2D eigenvalue weighted by atomic mass is 9.47. The van der Waals surface area contributed by atoms with Crippen LogP contribution in [0.3, 0.4) is 0 Å². The van der Waals surface area contributed by atoms with Crippen LogP contribution < -0.4 is 0 Å². The molecule has 4 aliphatic rings. The van der Waals surface area contributed by atoms with Crippen molar-refractivity contribution in [1.29, 1.82) is 0 Å². The van der Waals surface area contributed by atoms with Crippen LogP contribution in [0.1, 0.15) is 214 Å². The molecule has 0 aromatic carbocycles. The normalized spacial score (nSPS) is 37.5. The quantitative estimate of drug-likeness (QED) is 0.0757. The van der Waals surface area contributed by atoms with Crippen LogP contribution in [0.4, 0.5) is 0 Å². The minimum atomic E-state index is -3.28. The molecule has 0 aromatic rings. The van der Waals surface area contributed by atoms with Gasteiger partial charge >= 0.3 is 5.97 Å². The van der Waals surface area contributed by atoms with Gasteiger partial charge in [-0.05, 0) is 97.7 Å².